The number of unbranched alkanes of at least 4 members (excludes halogenated alkanes) is 8. The van der Waals surface area contributed by atoms with Crippen molar-refractivity contribution in [1.82, 2.24) is 0 Å². The van der Waals surface area contributed by atoms with E-state index in [9.17, 15) is 0 Å². The molecule has 0 radical (unpaired) electrons. The SMILES string of the molecule is CC1(C)OC(CCCCCCBr)C(CCCCCCCCBr)O1. The highest BCUT2D eigenvalue weighted by atomic mass is 79.9. The largest absolute Gasteiger partial charge is 0.345 e. The van der Waals surface area contributed by atoms with Gasteiger partial charge in [-0.25, -0.2) is 0 Å². The molecule has 0 aromatic carbocycles. The van der Waals surface area contributed by atoms with Gasteiger partial charge in [0.2, 0.25) is 0 Å². The highest BCUT2D eigenvalue weighted by molar-refractivity contribution is 9.09. The summed E-state index contributed by atoms with van der Waals surface area (Å²) >= 11 is 7.00. The number of rotatable bonds is 14. The molecule has 23 heavy (non-hydrogen) atoms. The Bertz CT molecular complexity index is 285. The van der Waals surface area contributed by atoms with Gasteiger partial charge in [-0.2, -0.15) is 0 Å². The van der Waals surface area contributed by atoms with Gasteiger partial charge in [0.15, 0.2) is 5.79 Å². The van der Waals surface area contributed by atoms with Crippen molar-refractivity contribution in [2.24, 2.45) is 0 Å². The lowest BCUT2D eigenvalue weighted by Crippen LogP contribution is -2.22. The Labute approximate surface area is 160 Å². The van der Waals surface area contributed by atoms with E-state index >= 15 is 0 Å². The number of hydrogen-bond acceptors (Lipinski definition) is 2. The maximum atomic E-state index is 6.15. The third-order valence-electron chi connectivity index (χ3n) is 4.53. The molecule has 0 bridgehead atoms. The second-order valence-electron chi connectivity index (χ2n) is 7.20. The third kappa shape index (κ3) is 10.5. The molecular formula is C19H36Br2O2. The normalized spacial score (nSPS) is 23.5. The van der Waals surface area contributed by atoms with E-state index < -0.39 is 0 Å². The van der Waals surface area contributed by atoms with Crippen LogP contribution in [0.3, 0.4) is 0 Å². The van der Waals surface area contributed by atoms with Crippen LogP contribution < -0.4 is 0 Å². The number of alkyl halides is 2. The summed E-state index contributed by atoms with van der Waals surface area (Å²) < 4.78 is 12.3. The molecule has 1 saturated heterocycles. The van der Waals surface area contributed by atoms with Gasteiger partial charge < -0.3 is 9.47 Å². The standard InChI is InChI=1S/C19H36Br2O2/c1-19(2)22-17(13-9-5-3-4-7-11-15-20)18(23-19)14-10-6-8-12-16-21/h17-18H,3-16H2,1-2H3. The summed E-state index contributed by atoms with van der Waals surface area (Å²) in [7, 11) is 0. The molecule has 2 nitrogen and oxygen atoms in total. The summed E-state index contributed by atoms with van der Waals surface area (Å²) in [5.74, 6) is -0.388. The zero-order chi connectivity index (χ0) is 17.0. The quantitative estimate of drug-likeness (QED) is 0.208. The number of hydrogen-bond donors (Lipinski definition) is 0. The van der Waals surface area contributed by atoms with Crippen LogP contribution in [-0.4, -0.2) is 28.7 Å². The van der Waals surface area contributed by atoms with Crippen molar-refractivity contribution in [2.45, 2.75) is 109 Å². The summed E-state index contributed by atoms with van der Waals surface area (Å²) in [5.41, 5.74) is 0. The van der Waals surface area contributed by atoms with Gasteiger partial charge in [-0.1, -0.05) is 83.2 Å². The summed E-state index contributed by atoms with van der Waals surface area (Å²) in [5, 5.41) is 2.27. The molecule has 0 aromatic rings. The maximum absolute atomic E-state index is 6.15. The molecule has 0 N–H and O–H groups in total. The molecule has 1 rings (SSSR count). The number of halogens is 2. The summed E-state index contributed by atoms with van der Waals surface area (Å²) in [6, 6.07) is 0. The van der Waals surface area contributed by atoms with Crippen LogP contribution in [0.5, 0.6) is 0 Å². The van der Waals surface area contributed by atoms with Crippen molar-refractivity contribution in [3.8, 4) is 0 Å². The summed E-state index contributed by atoms with van der Waals surface area (Å²) in [4.78, 5) is 0. The van der Waals surface area contributed by atoms with Crippen molar-refractivity contribution in [2.75, 3.05) is 10.7 Å². The fourth-order valence-corrected chi connectivity index (χ4v) is 4.13. The minimum Gasteiger partial charge on any atom is -0.345 e. The van der Waals surface area contributed by atoms with Gasteiger partial charge >= 0.3 is 0 Å². The molecule has 1 heterocycles. The first-order chi connectivity index (χ1) is 11.1. The van der Waals surface area contributed by atoms with Crippen LogP contribution in [0.25, 0.3) is 0 Å². The molecular weight excluding hydrogens is 420 g/mol. The lowest BCUT2D eigenvalue weighted by Gasteiger charge is -2.16. The predicted molar refractivity (Wildman–Crippen MR) is 107 cm³/mol. The van der Waals surface area contributed by atoms with Crippen LogP contribution in [-0.2, 0) is 9.47 Å². The maximum Gasteiger partial charge on any atom is 0.163 e. The average molecular weight is 456 g/mol. The summed E-state index contributed by atoms with van der Waals surface area (Å²) in [6.45, 7) is 4.12. The Balaban J connectivity index is 2.16. The molecule has 2 unspecified atom stereocenters. The Kier molecular flexibility index (Phi) is 12.5. The second-order valence-corrected chi connectivity index (χ2v) is 8.79. The van der Waals surface area contributed by atoms with E-state index in [1.54, 1.807) is 0 Å². The zero-order valence-corrected chi connectivity index (χ0v) is 18.3. The molecule has 2 atom stereocenters. The fraction of sp³-hybridized carbons (Fsp3) is 1.00. The fourth-order valence-electron chi connectivity index (χ4n) is 3.34. The van der Waals surface area contributed by atoms with Gasteiger partial charge in [-0.15, -0.1) is 0 Å². The van der Waals surface area contributed by atoms with E-state index in [0.717, 1.165) is 23.5 Å². The minimum absolute atomic E-state index is 0.308. The van der Waals surface area contributed by atoms with E-state index in [0.29, 0.717) is 12.2 Å². The first-order valence-electron chi connectivity index (χ1n) is 9.56. The minimum atomic E-state index is -0.388. The van der Waals surface area contributed by atoms with Crippen LogP contribution in [0.15, 0.2) is 0 Å². The van der Waals surface area contributed by atoms with Crippen LogP contribution in [0.4, 0.5) is 0 Å². The lowest BCUT2D eigenvalue weighted by molar-refractivity contribution is -0.147. The predicted octanol–water partition coefficient (Wildman–Crippen LogP) is 6.98. The molecule has 138 valence electrons. The molecule has 0 aliphatic carbocycles. The Hall–Kier alpha value is 0.880. The van der Waals surface area contributed by atoms with Crippen molar-refractivity contribution >= 4 is 31.9 Å². The highest BCUT2D eigenvalue weighted by Crippen LogP contribution is 2.33. The zero-order valence-electron chi connectivity index (χ0n) is 15.1. The van der Waals surface area contributed by atoms with Gasteiger partial charge in [-0.05, 0) is 39.5 Å². The molecule has 1 aliphatic heterocycles. The van der Waals surface area contributed by atoms with E-state index in [4.69, 9.17) is 9.47 Å². The Morgan fingerprint density at radius 2 is 0.957 bits per heavy atom. The van der Waals surface area contributed by atoms with E-state index in [-0.39, 0.29) is 5.79 Å². The molecule has 1 fully saturated rings. The first-order valence-corrected chi connectivity index (χ1v) is 11.8. The van der Waals surface area contributed by atoms with Gasteiger partial charge in [0, 0.05) is 10.7 Å². The molecule has 1 aliphatic rings. The first kappa shape index (κ1) is 21.9. The van der Waals surface area contributed by atoms with Crippen molar-refractivity contribution in [3.63, 3.8) is 0 Å². The van der Waals surface area contributed by atoms with Crippen LogP contribution >= 0.6 is 31.9 Å². The van der Waals surface area contributed by atoms with E-state index in [1.807, 2.05) is 0 Å². The van der Waals surface area contributed by atoms with Crippen LogP contribution in [0, 0.1) is 0 Å². The Morgan fingerprint density at radius 3 is 1.35 bits per heavy atom. The Morgan fingerprint density at radius 1 is 0.609 bits per heavy atom. The lowest BCUT2D eigenvalue weighted by atomic mass is 10.00. The highest BCUT2D eigenvalue weighted by Gasteiger charge is 2.40. The van der Waals surface area contributed by atoms with Gasteiger partial charge in [0.25, 0.3) is 0 Å². The molecule has 0 spiro atoms. The van der Waals surface area contributed by atoms with Gasteiger partial charge in [0.05, 0.1) is 12.2 Å². The average Bonchev–Trinajstić information content (AvgIpc) is 2.80. The van der Waals surface area contributed by atoms with E-state index in [1.165, 1.54) is 64.2 Å². The second kappa shape index (κ2) is 13.1. The van der Waals surface area contributed by atoms with Crippen molar-refractivity contribution in [1.29, 1.82) is 0 Å². The van der Waals surface area contributed by atoms with Crippen LogP contribution in [0.1, 0.15) is 90.9 Å². The summed E-state index contributed by atoms with van der Waals surface area (Å²) in [6.07, 6.45) is 16.1. The number of ether oxygens (including phenoxy) is 2. The van der Waals surface area contributed by atoms with Crippen molar-refractivity contribution < 1.29 is 9.47 Å². The van der Waals surface area contributed by atoms with Gasteiger partial charge in [0.1, 0.15) is 0 Å². The van der Waals surface area contributed by atoms with E-state index in [2.05, 4.69) is 45.7 Å². The molecule has 0 aromatic heterocycles. The monoisotopic (exact) mass is 454 g/mol. The molecule has 4 heteroatoms. The molecule has 0 amide bonds. The third-order valence-corrected chi connectivity index (χ3v) is 5.65. The molecule has 0 saturated carbocycles. The van der Waals surface area contributed by atoms with Crippen LogP contribution in [0.2, 0.25) is 0 Å². The smallest absolute Gasteiger partial charge is 0.163 e. The van der Waals surface area contributed by atoms with Gasteiger partial charge in [-0.3, -0.25) is 0 Å². The van der Waals surface area contributed by atoms with Crippen molar-refractivity contribution in [3.05, 3.63) is 0 Å². The topological polar surface area (TPSA) is 18.5 Å².